The molecular formula is C7H15NO5S. The fourth-order valence-electron chi connectivity index (χ4n) is 0.777. The van der Waals surface area contributed by atoms with Crippen LogP contribution in [-0.4, -0.2) is 45.0 Å². The van der Waals surface area contributed by atoms with Crippen LogP contribution in [0.5, 0.6) is 0 Å². The van der Waals surface area contributed by atoms with Crippen LogP contribution in [-0.2, 0) is 19.6 Å². The molecule has 84 valence electrons. The molecule has 0 saturated heterocycles. The van der Waals surface area contributed by atoms with Gasteiger partial charge in [-0.05, 0) is 6.42 Å². The molecule has 0 spiro atoms. The zero-order valence-electron chi connectivity index (χ0n) is 8.19. The Hall–Kier alpha value is -0.660. The minimum absolute atomic E-state index is 0.0470. The van der Waals surface area contributed by atoms with E-state index in [-0.39, 0.29) is 18.8 Å². The van der Waals surface area contributed by atoms with E-state index in [9.17, 15) is 13.2 Å². The van der Waals surface area contributed by atoms with Gasteiger partial charge in [0.2, 0.25) is 10.0 Å². The van der Waals surface area contributed by atoms with E-state index < -0.39 is 22.0 Å². The van der Waals surface area contributed by atoms with Gasteiger partial charge in [0, 0.05) is 7.11 Å². The smallest absolute Gasteiger partial charge is 0.321 e. The van der Waals surface area contributed by atoms with E-state index in [1.54, 1.807) is 6.92 Å². The van der Waals surface area contributed by atoms with Gasteiger partial charge in [0.15, 0.2) is 0 Å². The molecule has 1 atom stereocenters. The molecule has 0 saturated carbocycles. The van der Waals surface area contributed by atoms with E-state index >= 15 is 0 Å². The third-order valence-corrected chi connectivity index (χ3v) is 2.93. The molecule has 1 unspecified atom stereocenters. The fraction of sp³-hybridized carbons (Fsp3) is 0.857. The highest BCUT2D eigenvalue weighted by molar-refractivity contribution is 7.89. The number of methoxy groups -OCH3 is 1. The van der Waals surface area contributed by atoms with Gasteiger partial charge in [-0.15, -0.1) is 0 Å². The Morgan fingerprint density at radius 2 is 2.14 bits per heavy atom. The molecule has 7 heteroatoms. The van der Waals surface area contributed by atoms with Crippen molar-refractivity contribution >= 4 is 16.0 Å². The lowest BCUT2D eigenvalue weighted by Gasteiger charge is -2.12. The summed E-state index contributed by atoms with van der Waals surface area (Å²) in [5.41, 5.74) is 0. The minimum Gasteiger partial charge on any atom is -0.480 e. The molecule has 0 amide bonds. The number of rotatable bonds is 7. The number of nitrogens with one attached hydrogen (secondary N) is 1. The summed E-state index contributed by atoms with van der Waals surface area (Å²) in [6.07, 6.45) is 0.210. The van der Waals surface area contributed by atoms with Gasteiger partial charge < -0.3 is 9.84 Å². The van der Waals surface area contributed by atoms with E-state index in [0.717, 1.165) is 0 Å². The summed E-state index contributed by atoms with van der Waals surface area (Å²) in [4.78, 5) is 10.5. The second-order valence-corrected chi connectivity index (χ2v) is 4.60. The quantitative estimate of drug-likeness (QED) is 0.604. The average Bonchev–Trinajstić information content (AvgIpc) is 2.10. The van der Waals surface area contributed by atoms with Gasteiger partial charge in [-0.3, -0.25) is 4.79 Å². The van der Waals surface area contributed by atoms with Gasteiger partial charge in [-0.2, -0.15) is 0 Å². The summed E-state index contributed by atoms with van der Waals surface area (Å²) in [7, 11) is -2.18. The van der Waals surface area contributed by atoms with E-state index in [1.807, 2.05) is 0 Å². The highest BCUT2D eigenvalue weighted by atomic mass is 32.2. The van der Waals surface area contributed by atoms with Crippen LogP contribution in [0.1, 0.15) is 13.3 Å². The summed E-state index contributed by atoms with van der Waals surface area (Å²) >= 11 is 0. The van der Waals surface area contributed by atoms with Gasteiger partial charge in [-0.1, -0.05) is 6.92 Å². The highest BCUT2D eigenvalue weighted by Crippen LogP contribution is 1.95. The van der Waals surface area contributed by atoms with Crippen LogP contribution in [0, 0.1) is 0 Å². The normalized spacial score (nSPS) is 13.9. The van der Waals surface area contributed by atoms with Crippen LogP contribution in [0.3, 0.4) is 0 Å². The standard InChI is InChI=1S/C7H15NO5S/c1-3-6(7(9)10)8-14(11,12)5-4-13-2/h6,8H,3-5H2,1-2H3,(H,9,10). The van der Waals surface area contributed by atoms with Crippen molar-refractivity contribution in [1.29, 1.82) is 0 Å². The molecule has 2 N–H and O–H groups in total. The van der Waals surface area contributed by atoms with Gasteiger partial charge in [0.1, 0.15) is 6.04 Å². The SMILES string of the molecule is CCC(NS(=O)(=O)CCOC)C(=O)O. The van der Waals surface area contributed by atoms with Crippen LogP contribution in [0.2, 0.25) is 0 Å². The van der Waals surface area contributed by atoms with Gasteiger partial charge in [-0.25, -0.2) is 13.1 Å². The summed E-state index contributed by atoms with van der Waals surface area (Å²) in [6, 6.07) is -1.06. The van der Waals surface area contributed by atoms with Crippen LogP contribution in [0.25, 0.3) is 0 Å². The number of carboxylic acids is 1. The van der Waals surface area contributed by atoms with Crippen molar-refractivity contribution in [3.8, 4) is 0 Å². The van der Waals surface area contributed by atoms with Crippen molar-refractivity contribution in [2.45, 2.75) is 19.4 Å². The number of carboxylic acid groups (broad SMARTS) is 1. The Balaban J connectivity index is 4.26. The average molecular weight is 225 g/mol. The first-order valence-electron chi connectivity index (χ1n) is 4.14. The van der Waals surface area contributed by atoms with E-state index in [4.69, 9.17) is 5.11 Å². The molecule has 0 aromatic rings. The molecule has 0 aromatic heterocycles. The van der Waals surface area contributed by atoms with Crippen LogP contribution < -0.4 is 4.72 Å². The monoisotopic (exact) mass is 225 g/mol. The summed E-state index contributed by atoms with van der Waals surface area (Å²) < 4.78 is 29.1. The third kappa shape index (κ3) is 5.15. The predicted molar refractivity (Wildman–Crippen MR) is 50.5 cm³/mol. The molecule has 0 heterocycles. The second kappa shape index (κ2) is 5.94. The van der Waals surface area contributed by atoms with Crippen molar-refractivity contribution in [2.24, 2.45) is 0 Å². The summed E-state index contributed by atoms with van der Waals surface area (Å²) in [5, 5.41) is 8.60. The zero-order chi connectivity index (χ0) is 11.2. The maximum Gasteiger partial charge on any atom is 0.321 e. The van der Waals surface area contributed by atoms with E-state index in [2.05, 4.69) is 9.46 Å². The molecule has 0 aliphatic rings. The number of sulfonamides is 1. The van der Waals surface area contributed by atoms with Crippen molar-refractivity contribution in [1.82, 2.24) is 4.72 Å². The predicted octanol–water partition coefficient (Wildman–Crippen LogP) is -0.585. The Labute approximate surface area is 83.3 Å². The van der Waals surface area contributed by atoms with Crippen molar-refractivity contribution in [3.63, 3.8) is 0 Å². The molecule has 0 radical (unpaired) electrons. The Bertz CT molecular complexity index is 274. The molecule has 0 aliphatic carbocycles. The first-order valence-corrected chi connectivity index (χ1v) is 5.80. The molecular weight excluding hydrogens is 210 g/mol. The van der Waals surface area contributed by atoms with E-state index in [1.165, 1.54) is 7.11 Å². The summed E-state index contributed by atoms with van der Waals surface area (Å²) in [5.74, 6) is -1.40. The molecule has 0 bridgehead atoms. The Morgan fingerprint density at radius 3 is 2.50 bits per heavy atom. The van der Waals surface area contributed by atoms with Crippen molar-refractivity contribution in [3.05, 3.63) is 0 Å². The van der Waals surface area contributed by atoms with E-state index in [0.29, 0.717) is 0 Å². The largest absolute Gasteiger partial charge is 0.480 e. The summed E-state index contributed by atoms with van der Waals surface area (Å²) in [6.45, 7) is 1.64. The topological polar surface area (TPSA) is 92.7 Å². The molecule has 0 aliphatic heterocycles. The highest BCUT2D eigenvalue weighted by Gasteiger charge is 2.21. The lowest BCUT2D eigenvalue weighted by atomic mass is 10.2. The van der Waals surface area contributed by atoms with Gasteiger partial charge in [0.25, 0.3) is 0 Å². The lowest BCUT2D eigenvalue weighted by molar-refractivity contribution is -0.139. The first-order chi connectivity index (χ1) is 6.43. The van der Waals surface area contributed by atoms with Crippen LogP contribution in [0.4, 0.5) is 0 Å². The Morgan fingerprint density at radius 1 is 1.57 bits per heavy atom. The number of carbonyl (C=O) groups is 1. The van der Waals surface area contributed by atoms with Gasteiger partial charge >= 0.3 is 5.97 Å². The molecule has 6 nitrogen and oxygen atoms in total. The number of aliphatic carboxylic acids is 1. The second-order valence-electron chi connectivity index (χ2n) is 2.73. The van der Waals surface area contributed by atoms with Crippen LogP contribution >= 0.6 is 0 Å². The first kappa shape index (κ1) is 13.3. The zero-order valence-corrected chi connectivity index (χ0v) is 9.00. The van der Waals surface area contributed by atoms with Crippen molar-refractivity contribution in [2.75, 3.05) is 19.5 Å². The van der Waals surface area contributed by atoms with Crippen LogP contribution in [0.15, 0.2) is 0 Å². The molecule has 0 aromatic carbocycles. The number of ether oxygens (including phenoxy) is 1. The molecule has 0 rings (SSSR count). The maximum absolute atomic E-state index is 11.2. The van der Waals surface area contributed by atoms with Gasteiger partial charge in [0.05, 0.1) is 12.4 Å². The van der Waals surface area contributed by atoms with Crippen molar-refractivity contribution < 1.29 is 23.1 Å². The third-order valence-electron chi connectivity index (χ3n) is 1.58. The molecule has 14 heavy (non-hydrogen) atoms. The number of hydrogen-bond donors (Lipinski definition) is 2. The molecule has 0 fully saturated rings. The Kier molecular flexibility index (Phi) is 5.66. The fourth-order valence-corrected chi connectivity index (χ4v) is 1.98. The lowest BCUT2D eigenvalue weighted by Crippen LogP contribution is -2.41. The minimum atomic E-state index is -3.56. The maximum atomic E-state index is 11.2. The number of hydrogen-bond acceptors (Lipinski definition) is 4.